The third kappa shape index (κ3) is 3.61. The Morgan fingerprint density at radius 1 is 1.32 bits per heavy atom. The van der Waals surface area contributed by atoms with Gasteiger partial charge in [-0.3, -0.25) is 0 Å². The molecule has 0 unspecified atom stereocenters. The molecule has 0 aliphatic carbocycles. The number of methoxy groups -OCH3 is 1. The number of hydrogen-bond donors (Lipinski definition) is 2. The molecule has 0 fully saturated rings. The smallest absolute Gasteiger partial charge is 0.140 e. The normalized spacial score (nSPS) is 10.3. The molecule has 0 aliphatic rings. The van der Waals surface area contributed by atoms with Gasteiger partial charge in [-0.1, -0.05) is 0 Å². The first kappa shape index (κ1) is 14.1. The molecule has 0 amide bonds. The summed E-state index contributed by atoms with van der Waals surface area (Å²) in [6.45, 7) is 0.585. The lowest BCUT2D eigenvalue weighted by Gasteiger charge is -2.12. The highest BCUT2D eigenvalue weighted by molar-refractivity contribution is 9.11. The maximum absolute atomic E-state index is 5.79. The Morgan fingerprint density at radius 2 is 2.11 bits per heavy atom. The van der Waals surface area contributed by atoms with E-state index in [1.165, 1.54) is 0 Å². The minimum atomic E-state index is 0.585. The van der Waals surface area contributed by atoms with E-state index in [0.29, 0.717) is 12.2 Å². The first-order chi connectivity index (χ1) is 9.10. The van der Waals surface area contributed by atoms with Crippen LogP contribution in [0.25, 0.3) is 0 Å². The second-order valence-corrected chi connectivity index (χ2v) is 5.68. The summed E-state index contributed by atoms with van der Waals surface area (Å²) in [6, 6.07) is 7.50. The molecule has 0 radical (unpaired) electrons. The van der Waals surface area contributed by atoms with Crippen LogP contribution in [0.5, 0.6) is 5.75 Å². The van der Waals surface area contributed by atoms with Gasteiger partial charge in [0.15, 0.2) is 0 Å². The Bertz CT molecular complexity index is 590. The molecule has 3 N–H and O–H groups in total. The lowest BCUT2D eigenvalue weighted by atomic mass is 10.2. The number of anilines is 2. The molecular formula is C13H13Br2N3O. The van der Waals surface area contributed by atoms with Crippen LogP contribution in [0.2, 0.25) is 0 Å². The van der Waals surface area contributed by atoms with E-state index in [2.05, 4.69) is 42.2 Å². The summed E-state index contributed by atoms with van der Waals surface area (Å²) in [5.41, 5.74) is 7.48. The van der Waals surface area contributed by atoms with Crippen molar-refractivity contribution in [1.29, 1.82) is 0 Å². The molecule has 0 atom stereocenters. The van der Waals surface area contributed by atoms with Crippen molar-refractivity contribution >= 4 is 43.4 Å². The van der Waals surface area contributed by atoms with E-state index in [1.54, 1.807) is 13.3 Å². The van der Waals surface area contributed by atoms with E-state index in [1.807, 2.05) is 24.3 Å². The molecule has 6 heteroatoms. The van der Waals surface area contributed by atoms with Gasteiger partial charge >= 0.3 is 0 Å². The fraction of sp³-hybridized carbons (Fsp3) is 0.154. The molecule has 1 heterocycles. The first-order valence-electron chi connectivity index (χ1n) is 5.57. The summed E-state index contributed by atoms with van der Waals surface area (Å²) in [5.74, 6) is 1.57. The molecule has 1 aromatic carbocycles. The highest BCUT2D eigenvalue weighted by Crippen LogP contribution is 2.26. The van der Waals surface area contributed by atoms with Crippen LogP contribution >= 0.6 is 31.9 Å². The average Bonchev–Trinajstić information content (AvgIpc) is 2.38. The molecule has 0 spiro atoms. The van der Waals surface area contributed by atoms with Crippen molar-refractivity contribution in [2.24, 2.45) is 0 Å². The standard InChI is InChI=1S/C13H13Br2N3O/c1-19-12-3-2-10(16)4-8(12)6-17-13-11(15)5-9(14)7-18-13/h2-5,7H,6,16H2,1H3,(H,17,18). The van der Waals surface area contributed by atoms with E-state index in [9.17, 15) is 0 Å². The van der Waals surface area contributed by atoms with Crippen LogP contribution in [0.1, 0.15) is 5.56 Å². The lowest BCUT2D eigenvalue weighted by Crippen LogP contribution is -2.04. The van der Waals surface area contributed by atoms with Crippen LogP contribution < -0.4 is 15.8 Å². The van der Waals surface area contributed by atoms with Crippen LogP contribution in [0.3, 0.4) is 0 Å². The number of rotatable bonds is 4. The van der Waals surface area contributed by atoms with Gasteiger partial charge in [-0.05, 0) is 56.1 Å². The number of nitrogens with zero attached hydrogens (tertiary/aromatic N) is 1. The van der Waals surface area contributed by atoms with Crippen LogP contribution in [0.15, 0.2) is 39.4 Å². The molecule has 1 aromatic heterocycles. The van der Waals surface area contributed by atoms with Gasteiger partial charge in [-0.2, -0.15) is 0 Å². The SMILES string of the molecule is COc1ccc(N)cc1CNc1ncc(Br)cc1Br. The Hall–Kier alpha value is -1.27. The largest absolute Gasteiger partial charge is 0.496 e. The minimum absolute atomic E-state index is 0.585. The number of nitrogen functional groups attached to an aromatic ring is 1. The summed E-state index contributed by atoms with van der Waals surface area (Å²) >= 11 is 6.83. The van der Waals surface area contributed by atoms with Crippen molar-refractivity contribution in [3.8, 4) is 5.75 Å². The average molecular weight is 387 g/mol. The molecule has 19 heavy (non-hydrogen) atoms. The number of nitrogens with two attached hydrogens (primary N) is 1. The second-order valence-electron chi connectivity index (χ2n) is 3.91. The fourth-order valence-electron chi connectivity index (χ4n) is 1.66. The number of ether oxygens (including phenoxy) is 1. The second kappa shape index (κ2) is 6.25. The molecular weight excluding hydrogens is 374 g/mol. The van der Waals surface area contributed by atoms with Gasteiger partial charge in [-0.25, -0.2) is 4.98 Å². The summed E-state index contributed by atoms with van der Waals surface area (Å²) < 4.78 is 7.12. The van der Waals surface area contributed by atoms with Crippen LogP contribution in [-0.2, 0) is 6.54 Å². The molecule has 2 aromatic rings. The number of halogens is 2. The van der Waals surface area contributed by atoms with Crippen molar-refractivity contribution in [1.82, 2.24) is 4.98 Å². The van der Waals surface area contributed by atoms with Gasteiger partial charge in [0.1, 0.15) is 11.6 Å². The highest BCUT2D eigenvalue weighted by atomic mass is 79.9. The summed E-state index contributed by atoms with van der Waals surface area (Å²) in [5, 5.41) is 3.24. The van der Waals surface area contributed by atoms with Gasteiger partial charge in [0.05, 0.1) is 11.6 Å². The van der Waals surface area contributed by atoms with Crippen molar-refractivity contribution in [2.75, 3.05) is 18.2 Å². The Balaban J connectivity index is 2.16. The Labute approximate surface area is 128 Å². The van der Waals surface area contributed by atoms with E-state index in [0.717, 1.165) is 26.1 Å². The first-order valence-corrected chi connectivity index (χ1v) is 7.16. The van der Waals surface area contributed by atoms with Gasteiger partial charge in [0, 0.05) is 28.5 Å². The Kier molecular flexibility index (Phi) is 4.66. The van der Waals surface area contributed by atoms with Crippen molar-refractivity contribution < 1.29 is 4.74 Å². The maximum atomic E-state index is 5.79. The van der Waals surface area contributed by atoms with E-state index in [4.69, 9.17) is 10.5 Å². The van der Waals surface area contributed by atoms with E-state index >= 15 is 0 Å². The van der Waals surface area contributed by atoms with Gasteiger partial charge < -0.3 is 15.8 Å². The number of hydrogen-bond acceptors (Lipinski definition) is 4. The maximum Gasteiger partial charge on any atom is 0.140 e. The fourth-order valence-corrected chi connectivity index (χ4v) is 2.79. The molecule has 4 nitrogen and oxygen atoms in total. The third-order valence-corrected chi connectivity index (χ3v) is 3.60. The molecule has 0 saturated carbocycles. The highest BCUT2D eigenvalue weighted by Gasteiger charge is 2.06. The van der Waals surface area contributed by atoms with Crippen molar-refractivity contribution in [3.05, 3.63) is 45.0 Å². The topological polar surface area (TPSA) is 60.2 Å². The molecule has 0 aliphatic heterocycles. The van der Waals surface area contributed by atoms with E-state index in [-0.39, 0.29) is 0 Å². The van der Waals surface area contributed by atoms with E-state index < -0.39 is 0 Å². The third-order valence-electron chi connectivity index (χ3n) is 2.56. The Morgan fingerprint density at radius 3 is 2.79 bits per heavy atom. The number of aromatic nitrogens is 1. The summed E-state index contributed by atoms with van der Waals surface area (Å²) in [6.07, 6.45) is 1.74. The molecule has 0 bridgehead atoms. The van der Waals surface area contributed by atoms with Gasteiger partial charge in [0.25, 0.3) is 0 Å². The van der Waals surface area contributed by atoms with Gasteiger partial charge in [0.2, 0.25) is 0 Å². The van der Waals surface area contributed by atoms with Crippen molar-refractivity contribution in [3.63, 3.8) is 0 Å². The zero-order valence-corrected chi connectivity index (χ0v) is 13.5. The number of pyridine rings is 1. The number of nitrogens with one attached hydrogen (secondary N) is 1. The van der Waals surface area contributed by atoms with Crippen LogP contribution in [0, 0.1) is 0 Å². The van der Waals surface area contributed by atoms with Crippen LogP contribution in [0.4, 0.5) is 11.5 Å². The summed E-state index contributed by atoms with van der Waals surface area (Å²) in [7, 11) is 1.64. The molecule has 100 valence electrons. The van der Waals surface area contributed by atoms with Crippen molar-refractivity contribution in [2.45, 2.75) is 6.54 Å². The predicted octanol–water partition coefficient (Wildman–Crippen LogP) is 3.81. The number of benzene rings is 1. The van der Waals surface area contributed by atoms with Crippen LogP contribution in [-0.4, -0.2) is 12.1 Å². The zero-order valence-electron chi connectivity index (χ0n) is 10.3. The molecule has 2 rings (SSSR count). The van der Waals surface area contributed by atoms with Gasteiger partial charge in [-0.15, -0.1) is 0 Å². The minimum Gasteiger partial charge on any atom is -0.496 e. The zero-order chi connectivity index (χ0) is 13.8. The molecule has 0 saturated heterocycles. The lowest BCUT2D eigenvalue weighted by molar-refractivity contribution is 0.410. The predicted molar refractivity (Wildman–Crippen MR) is 84.4 cm³/mol. The monoisotopic (exact) mass is 385 g/mol. The quantitative estimate of drug-likeness (QED) is 0.784. The summed E-state index contributed by atoms with van der Waals surface area (Å²) in [4.78, 5) is 4.29.